The summed E-state index contributed by atoms with van der Waals surface area (Å²) in [5.41, 5.74) is 1.01. The summed E-state index contributed by atoms with van der Waals surface area (Å²) in [5, 5.41) is 28.9. The molecule has 4 aliphatic rings. The number of aromatic carboxylic acids is 1. The number of aliphatic hydroxyl groups excluding tert-OH is 2. The van der Waals surface area contributed by atoms with Gasteiger partial charge in [-0.1, -0.05) is 32.0 Å². The van der Waals surface area contributed by atoms with Crippen molar-refractivity contribution < 1.29 is 20.1 Å². The average molecular weight is 415 g/mol. The van der Waals surface area contributed by atoms with Gasteiger partial charge in [0, 0.05) is 0 Å². The largest absolute Gasteiger partial charge is 0.478 e. The Morgan fingerprint density at radius 1 is 0.867 bits per heavy atom. The van der Waals surface area contributed by atoms with Crippen LogP contribution in [0, 0.1) is 34.5 Å². The summed E-state index contributed by atoms with van der Waals surface area (Å²) in [5.74, 6) is 2.33. The van der Waals surface area contributed by atoms with Gasteiger partial charge in [-0.3, -0.25) is 0 Å². The third-order valence-electron chi connectivity index (χ3n) is 9.61. The number of aliphatic hydroxyl groups is 2. The lowest BCUT2D eigenvalue weighted by atomic mass is 9.45. The zero-order chi connectivity index (χ0) is 21.5. The molecule has 4 saturated carbocycles. The minimum absolute atomic E-state index is 0.0400. The topological polar surface area (TPSA) is 77.8 Å². The highest BCUT2D eigenvalue weighted by atomic mass is 16.4. The fourth-order valence-electron chi connectivity index (χ4n) is 7.79. The van der Waals surface area contributed by atoms with E-state index >= 15 is 0 Å². The quantitative estimate of drug-likeness (QED) is 0.595. The molecule has 0 spiro atoms. The molecule has 5 rings (SSSR count). The van der Waals surface area contributed by atoms with Gasteiger partial charge < -0.3 is 15.3 Å². The van der Waals surface area contributed by atoms with Crippen LogP contribution in [0.1, 0.15) is 82.0 Å². The number of hydrogen-bond acceptors (Lipinski definition) is 3. The van der Waals surface area contributed by atoms with Crippen molar-refractivity contribution in [3.63, 3.8) is 0 Å². The van der Waals surface area contributed by atoms with Crippen molar-refractivity contribution in [3.05, 3.63) is 35.9 Å². The summed E-state index contributed by atoms with van der Waals surface area (Å²) < 4.78 is 0. The van der Waals surface area contributed by atoms with Crippen LogP contribution in [0.25, 0.3) is 0 Å². The predicted octanol–water partition coefficient (Wildman–Crippen LogP) is 5.14. The van der Waals surface area contributed by atoms with Gasteiger partial charge in [0.1, 0.15) is 0 Å². The second-order valence-corrected chi connectivity index (χ2v) is 10.9. The van der Waals surface area contributed by atoms with E-state index in [-0.39, 0.29) is 17.6 Å². The van der Waals surface area contributed by atoms with Crippen LogP contribution < -0.4 is 0 Å². The van der Waals surface area contributed by atoms with Crippen LogP contribution in [0.3, 0.4) is 0 Å². The Labute approximate surface area is 180 Å². The Morgan fingerprint density at radius 3 is 2.20 bits per heavy atom. The highest BCUT2D eigenvalue weighted by molar-refractivity contribution is 5.87. The first-order valence-corrected chi connectivity index (χ1v) is 11.9. The van der Waals surface area contributed by atoms with Gasteiger partial charge in [0.25, 0.3) is 0 Å². The molecule has 0 aliphatic heterocycles. The zero-order valence-corrected chi connectivity index (χ0v) is 18.5. The van der Waals surface area contributed by atoms with E-state index in [1.807, 2.05) is 0 Å². The van der Waals surface area contributed by atoms with E-state index < -0.39 is 5.97 Å². The van der Waals surface area contributed by atoms with Gasteiger partial charge >= 0.3 is 5.97 Å². The Balaban J connectivity index is 0.000000204. The minimum Gasteiger partial charge on any atom is -0.478 e. The van der Waals surface area contributed by atoms with E-state index in [0.717, 1.165) is 42.9 Å². The predicted molar refractivity (Wildman–Crippen MR) is 117 cm³/mol. The van der Waals surface area contributed by atoms with Crippen LogP contribution in [-0.4, -0.2) is 33.5 Å². The first-order chi connectivity index (χ1) is 14.3. The smallest absolute Gasteiger partial charge is 0.335 e. The molecule has 30 heavy (non-hydrogen) atoms. The molecule has 0 heterocycles. The standard InChI is InChI=1S/C19H32O2.C7H6O2/c1-18-9-7-13(20)11-12(18)3-4-14-15-5-6-17(21)19(15,2)10-8-16(14)18;8-7(9)6-4-2-1-3-5-6/h12-17,20-21H,3-11H2,1-2H3;1-5H,(H,8,9)/t12?,13?,14-,15-,16-,17?,18-,19-;/m0./s1. The molecule has 0 amide bonds. The Morgan fingerprint density at radius 2 is 1.53 bits per heavy atom. The van der Waals surface area contributed by atoms with Crippen LogP contribution in [0.5, 0.6) is 0 Å². The molecule has 4 aliphatic carbocycles. The van der Waals surface area contributed by atoms with E-state index in [1.165, 1.54) is 38.5 Å². The Hall–Kier alpha value is -1.39. The van der Waals surface area contributed by atoms with E-state index in [4.69, 9.17) is 5.11 Å². The normalized spacial score (nSPS) is 44.7. The highest BCUT2D eigenvalue weighted by Crippen LogP contribution is 2.66. The molecule has 1 aromatic rings. The third kappa shape index (κ3) is 3.71. The molecule has 8 atom stereocenters. The molecule has 3 unspecified atom stereocenters. The van der Waals surface area contributed by atoms with E-state index in [1.54, 1.807) is 30.3 Å². The average Bonchev–Trinajstić information content (AvgIpc) is 3.04. The molecule has 4 heteroatoms. The van der Waals surface area contributed by atoms with Gasteiger partial charge in [0.15, 0.2) is 0 Å². The summed E-state index contributed by atoms with van der Waals surface area (Å²) in [6.45, 7) is 4.90. The SMILES string of the molecule is C[C@]12CCC(O)CC1CC[C@@H]1[C@@H]2CC[C@]2(C)C(O)CC[C@@H]12.O=C(O)c1ccccc1. The maximum absolute atomic E-state index is 10.5. The molecular weight excluding hydrogens is 376 g/mol. The lowest BCUT2D eigenvalue weighted by Crippen LogP contribution is -2.54. The van der Waals surface area contributed by atoms with Crippen LogP contribution >= 0.6 is 0 Å². The van der Waals surface area contributed by atoms with Gasteiger partial charge in [-0.25, -0.2) is 4.79 Å². The van der Waals surface area contributed by atoms with Crippen molar-refractivity contribution in [2.24, 2.45) is 34.5 Å². The number of hydrogen-bond donors (Lipinski definition) is 3. The molecule has 0 aromatic heterocycles. The maximum Gasteiger partial charge on any atom is 0.335 e. The van der Waals surface area contributed by atoms with Gasteiger partial charge in [0.2, 0.25) is 0 Å². The van der Waals surface area contributed by atoms with Crippen LogP contribution in [0.15, 0.2) is 30.3 Å². The number of carboxylic acids is 1. The zero-order valence-electron chi connectivity index (χ0n) is 18.5. The molecule has 1 aromatic carbocycles. The fourth-order valence-corrected chi connectivity index (χ4v) is 7.79. The molecule has 3 N–H and O–H groups in total. The molecule has 0 radical (unpaired) electrons. The second-order valence-electron chi connectivity index (χ2n) is 10.9. The molecular formula is C26H38O4. The number of carboxylic acid groups (broad SMARTS) is 1. The van der Waals surface area contributed by atoms with Gasteiger partial charge in [-0.05, 0) is 104 Å². The molecule has 0 bridgehead atoms. The minimum atomic E-state index is -0.879. The van der Waals surface area contributed by atoms with E-state index in [9.17, 15) is 15.0 Å². The van der Waals surface area contributed by atoms with Gasteiger partial charge in [0.05, 0.1) is 17.8 Å². The van der Waals surface area contributed by atoms with Crippen LogP contribution in [-0.2, 0) is 0 Å². The fraction of sp³-hybridized carbons (Fsp3) is 0.731. The summed E-state index contributed by atoms with van der Waals surface area (Å²) in [6, 6.07) is 8.30. The Bertz CT molecular complexity index is 749. The lowest BCUT2D eigenvalue weighted by molar-refractivity contribution is -0.133. The van der Waals surface area contributed by atoms with Crippen molar-refractivity contribution in [2.75, 3.05) is 0 Å². The van der Waals surface area contributed by atoms with E-state index in [2.05, 4.69) is 13.8 Å². The van der Waals surface area contributed by atoms with Crippen LogP contribution in [0.4, 0.5) is 0 Å². The third-order valence-corrected chi connectivity index (χ3v) is 9.61. The van der Waals surface area contributed by atoms with Gasteiger partial charge in [-0.2, -0.15) is 0 Å². The van der Waals surface area contributed by atoms with Crippen molar-refractivity contribution in [1.82, 2.24) is 0 Å². The first kappa shape index (κ1) is 21.8. The first-order valence-electron chi connectivity index (χ1n) is 11.9. The highest BCUT2D eigenvalue weighted by Gasteiger charge is 2.59. The summed E-state index contributed by atoms with van der Waals surface area (Å²) in [7, 11) is 0. The van der Waals surface area contributed by atoms with E-state index in [0.29, 0.717) is 11.0 Å². The van der Waals surface area contributed by atoms with Crippen molar-refractivity contribution >= 4 is 5.97 Å². The second kappa shape index (κ2) is 8.27. The lowest BCUT2D eigenvalue weighted by Gasteiger charge is -2.60. The van der Waals surface area contributed by atoms with Crippen molar-refractivity contribution in [3.8, 4) is 0 Å². The van der Waals surface area contributed by atoms with Crippen molar-refractivity contribution in [1.29, 1.82) is 0 Å². The monoisotopic (exact) mass is 414 g/mol. The number of benzene rings is 1. The van der Waals surface area contributed by atoms with Gasteiger partial charge in [-0.15, -0.1) is 0 Å². The molecule has 0 saturated heterocycles. The van der Waals surface area contributed by atoms with Crippen LogP contribution in [0.2, 0.25) is 0 Å². The maximum atomic E-state index is 10.5. The van der Waals surface area contributed by atoms with Crippen molar-refractivity contribution in [2.45, 2.75) is 83.8 Å². The molecule has 166 valence electrons. The summed E-state index contributed by atoms with van der Waals surface area (Å²) >= 11 is 0. The molecule has 4 fully saturated rings. The number of carbonyl (C=O) groups is 1. The summed E-state index contributed by atoms with van der Waals surface area (Å²) in [4.78, 5) is 10.2. The number of rotatable bonds is 1. The number of fused-ring (bicyclic) bond motifs is 5. The Kier molecular flexibility index (Phi) is 6.02. The summed E-state index contributed by atoms with van der Waals surface area (Å²) in [6.07, 6.45) is 10.7. The molecule has 4 nitrogen and oxygen atoms in total.